The van der Waals surface area contributed by atoms with E-state index in [1.165, 1.54) is 6.08 Å². The predicted octanol–water partition coefficient (Wildman–Crippen LogP) is 3.17. The van der Waals surface area contributed by atoms with Crippen molar-refractivity contribution in [2.24, 2.45) is 0 Å². The van der Waals surface area contributed by atoms with Crippen molar-refractivity contribution in [2.75, 3.05) is 5.32 Å². The third-order valence-corrected chi connectivity index (χ3v) is 3.24. The van der Waals surface area contributed by atoms with Crippen LogP contribution in [0, 0.1) is 0 Å². The van der Waals surface area contributed by atoms with Gasteiger partial charge >= 0.3 is 6.01 Å². The third kappa shape index (κ3) is 3.75. The first-order valence-electron chi connectivity index (χ1n) is 7.55. The normalized spacial score (nSPS) is 11.3. The number of nitrogens with zero attached hydrogens (tertiary/aromatic N) is 4. The van der Waals surface area contributed by atoms with Crippen molar-refractivity contribution in [1.29, 1.82) is 0 Å². The minimum atomic E-state index is -0.346. The number of nitrogens with one attached hydrogen (secondary N) is 1. The average Bonchev–Trinajstić information content (AvgIpc) is 3.23. The minimum Gasteiger partial charge on any atom is -0.401 e. The van der Waals surface area contributed by atoms with Crippen LogP contribution >= 0.6 is 0 Å². The SMILES string of the molecule is CC(C)n1ccc(-c2nnc(NC(=O)/C=C/c3ccccc3)o2)n1. The summed E-state index contributed by atoms with van der Waals surface area (Å²) >= 11 is 0. The van der Waals surface area contributed by atoms with E-state index in [4.69, 9.17) is 4.42 Å². The van der Waals surface area contributed by atoms with Crippen molar-refractivity contribution in [3.63, 3.8) is 0 Å². The molecule has 0 fully saturated rings. The summed E-state index contributed by atoms with van der Waals surface area (Å²) in [5.41, 5.74) is 1.50. The summed E-state index contributed by atoms with van der Waals surface area (Å²) < 4.78 is 7.21. The molecule has 0 saturated carbocycles. The molecule has 24 heavy (non-hydrogen) atoms. The summed E-state index contributed by atoms with van der Waals surface area (Å²) in [6.45, 7) is 4.05. The van der Waals surface area contributed by atoms with E-state index >= 15 is 0 Å². The van der Waals surface area contributed by atoms with Gasteiger partial charge in [-0.1, -0.05) is 35.4 Å². The Bertz CT molecular complexity index is 849. The Morgan fingerprint density at radius 2 is 2.00 bits per heavy atom. The van der Waals surface area contributed by atoms with Crippen molar-refractivity contribution >= 4 is 18.0 Å². The third-order valence-electron chi connectivity index (χ3n) is 3.24. The first kappa shape index (κ1) is 15.7. The number of aromatic nitrogens is 4. The molecule has 1 amide bonds. The van der Waals surface area contributed by atoms with E-state index in [-0.39, 0.29) is 23.9 Å². The molecule has 0 aliphatic heterocycles. The topological polar surface area (TPSA) is 85.8 Å². The maximum Gasteiger partial charge on any atom is 0.322 e. The predicted molar refractivity (Wildman–Crippen MR) is 90.0 cm³/mol. The number of carbonyl (C=O) groups excluding carboxylic acids is 1. The lowest BCUT2D eigenvalue weighted by molar-refractivity contribution is -0.112. The van der Waals surface area contributed by atoms with E-state index in [1.54, 1.807) is 16.8 Å². The van der Waals surface area contributed by atoms with Gasteiger partial charge < -0.3 is 4.42 Å². The van der Waals surface area contributed by atoms with Crippen LogP contribution in [0.1, 0.15) is 25.5 Å². The summed E-state index contributed by atoms with van der Waals surface area (Å²) in [6, 6.07) is 11.6. The lowest BCUT2D eigenvalue weighted by Gasteiger charge is -2.02. The van der Waals surface area contributed by atoms with Crippen LogP contribution in [0.5, 0.6) is 0 Å². The second kappa shape index (κ2) is 6.91. The lowest BCUT2D eigenvalue weighted by atomic mass is 10.2. The number of benzene rings is 1. The largest absolute Gasteiger partial charge is 0.401 e. The molecule has 7 heteroatoms. The van der Waals surface area contributed by atoms with Gasteiger partial charge in [0, 0.05) is 18.3 Å². The van der Waals surface area contributed by atoms with Crippen molar-refractivity contribution in [3.05, 3.63) is 54.2 Å². The van der Waals surface area contributed by atoms with E-state index in [0.29, 0.717) is 5.69 Å². The molecule has 122 valence electrons. The number of hydrogen-bond donors (Lipinski definition) is 1. The van der Waals surface area contributed by atoms with Gasteiger partial charge in [0.15, 0.2) is 0 Å². The minimum absolute atomic E-state index is 0.0341. The molecule has 0 atom stereocenters. The standard InChI is InChI=1S/C17H17N5O2/c1-12(2)22-11-10-14(21-22)16-19-20-17(24-16)18-15(23)9-8-13-6-4-3-5-7-13/h3-12H,1-2H3,(H,18,20,23)/b9-8+. The molecule has 0 radical (unpaired) electrons. The Morgan fingerprint density at radius 1 is 1.21 bits per heavy atom. The van der Waals surface area contributed by atoms with Gasteiger partial charge in [0.2, 0.25) is 0 Å². The maximum absolute atomic E-state index is 11.9. The quantitative estimate of drug-likeness (QED) is 0.729. The van der Waals surface area contributed by atoms with E-state index in [0.717, 1.165) is 5.56 Å². The number of hydrogen-bond acceptors (Lipinski definition) is 5. The summed E-state index contributed by atoms with van der Waals surface area (Å²) in [5.74, 6) is -0.0847. The highest BCUT2D eigenvalue weighted by Crippen LogP contribution is 2.18. The molecule has 1 N–H and O–H groups in total. The van der Waals surface area contributed by atoms with Crippen LogP contribution in [0.25, 0.3) is 17.7 Å². The van der Waals surface area contributed by atoms with Crippen LogP contribution in [0.2, 0.25) is 0 Å². The van der Waals surface area contributed by atoms with Crippen LogP contribution < -0.4 is 5.32 Å². The molecular weight excluding hydrogens is 306 g/mol. The van der Waals surface area contributed by atoms with E-state index in [2.05, 4.69) is 20.6 Å². The molecule has 3 rings (SSSR count). The Morgan fingerprint density at radius 3 is 2.71 bits per heavy atom. The van der Waals surface area contributed by atoms with Gasteiger partial charge in [0.05, 0.1) is 0 Å². The van der Waals surface area contributed by atoms with Gasteiger partial charge in [-0.3, -0.25) is 14.8 Å². The molecule has 0 aliphatic rings. The van der Waals surface area contributed by atoms with E-state index in [9.17, 15) is 4.79 Å². The van der Waals surface area contributed by atoms with E-state index < -0.39 is 0 Å². The monoisotopic (exact) mass is 323 g/mol. The van der Waals surface area contributed by atoms with Crippen molar-refractivity contribution < 1.29 is 9.21 Å². The van der Waals surface area contributed by atoms with Crippen molar-refractivity contribution in [1.82, 2.24) is 20.0 Å². The van der Waals surface area contributed by atoms with Crippen molar-refractivity contribution in [3.8, 4) is 11.6 Å². The summed E-state index contributed by atoms with van der Waals surface area (Å²) in [4.78, 5) is 11.9. The molecule has 1 aromatic carbocycles. The molecule has 0 aliphatic carbocycles. The number of amides is 1. The van der Waals surface area contributed by atoms with Crippen LogP contribution in [-0.4, -0.2) is 25.9 Å². The Hall–Kier alpha value is -3.22. The van der Waals surface area contributed by atoms with Crippen LogP contribution in [0.15, 0.2) is 53.1 Å². The fourth-order valence-electron chi connectivity index (χ4n) is 2.00. The zero-order valence-corrected chi connectivity index (χ0v) is 13.4. The summed E-state index contributed by atoms with van der Waals surface area (Å²) in [5, 5.41) is 14.6. The van der Waals surface area contributed by atoms with Gasteiger partial charge in [-0.15, -0.1) is 5.10 Å². The molecule has 2 aromatic heterocycles. The molecule has 0 spiro atoms. The average molecular weight is 323 g/mol. The highest BCUT2D eigenvalue weighted by Gasteiger charge is 2.13. The van der Waals surface area contributed by atoms with Crippen LogP contribution in [0.3, 0.4) is 0 Å². The Kier molecular flexibility index (Phi) is 4.51. The second-order valence-electron chi connectivity index (χ2n) is 5.42. The highest BCUT2D eigenvalue weighted by atomic mass is 16.4. The number of rotatable bonds is 5. The number of carbonyl (C=O) groups is 1. The Labute approximate surface area is 139 Å². The van der Waals surface area contributed by atoms with Gasteiger partial charge in [0.25, 0.3) is 11.8 Å². The zero-order valence-electron chi connectivity index (χ0n) is 13.4. The maximum atomic E-state index is 11.9. The van der Waals surface area contributed by atoms with E-state index in [1.807, 2.05) is 50.4 Å². The second-order valence-corrected chi connectivity index (χ2v) is 5.42. The lowest BCUT2D eigenvalue weighted by Crippen LogP contribution is -2.07. The molecule has 0 bridgehead atoms. The van der Waals surface area contributed by atoms with Gasteiger partial charge in [0.1, 0.15) is 5.69 Å². The summed E-state index contributed by atoms with van der Waals surface area (Å²) in [7, 11) is 0. The fourth-order valence-corrected chi connectivity index (χ4v) is 2.00. The van der Waals surface area contributed by atoms with Gasteiger partial charge in [-0.2, -0.15) is 5.10 Å². The molecule has 0 unspecified atom stereocenters. The summed E-state index contributed by atoms with van der Waals surface area (Å²) in [6.07, 6.45) is 4.95. The van der Waals surface area contributed by atoms with Crippen LogP contribution in [-0.2, 0) is 4.79 Å². The zero-order chi connectivity index (χ0) is 16.9. The fraction of sp³-hybridized carbons (Fsp3) is 0.176. The molecule has 7 nitrogen and oxygen atoms in total. The molecular formula is C17H17N5O2. The first-order chi connectivity index (χ1) is 11.6. The number of anilines is 1. The first-order valence-corrected chi connectivity index (χ1v) is 7.55. The molecule has 3 aromatic rings. The molecule has 2 heterocycles. The van der Waals surface area contributed by atoms with Crippen molar-refractivity contribution in [2.45, 2.75) is 19.9 Å². The van der Waals surface area contributed by atoms with Crippen LogP contribution in [0.4, 0.5) is 6.01 Å². The smallest absolute Gasteiger partial charge is 0.322 e. The van der Waals surface area contributed by atoms with Gasteiger partial charge in [-0.05, 0) is 31.6 Å². The Balaban J connectivity index is 1.65. The highest BCUT2D eigenvalue weighted by molar-refractivity contribution is 6.00. The molecule has 0 saturated heterocycles. The van der Waals surface area contributed by atoms with Gasteiger partial charge in [-0.25, -0.2) is 0 Å².